The van der Waals surface area contributed by atoms with E-state index in [2.05, 4.69) is 27.7 Å². The van der Waals surface area contributed by atoms with E-state index in [1.165, 1.54) is 0 Å². The molecule has 0 saturated heterocycles. The first-order chi connectivity index (χ1) is 16.8. The molecule has 0 aliphatic carbocycles. The van der Waals surface area contributed by atoms with Gasteiger partial charge in [-0.25, -0.2) is 0 Å². The number of benzene rings is 1. The summed E-state index contributed by atoms with van der Waals surface area (Å²) >= 11 is 0. The topological polar surface area (TPSA) is 133 Å². The lowest BCUT2D eigenvalue weighted by Crippen LogP contribution is -2.55. The Balaban J connectivity index is 1.67. The van der Waals surface area contributed by atoms with Gasteiger partial charge in [-0.05, 0) is 36.6 Å². The highest BCUT2D eigenvalue weighted by Crippen LogP contribution is 2.31. The fourth-order valence-corrected chi connectivity index (χ4v) is 4.30. The Labute approximate surface area is 206 Å². The first-order valence-corrected chi connectivity index (χ1v) is 12.3. The third-order valence-electron chi connectivity index (χ3n) is 6.18. The molecule has 1 aliphatic rings. The Hall–Kier alpha value is -2.98. The highest BCUT2D eigenvalue weighted by Gasteiger charge is 2.47. The summed E-state index contributed by atoms with van der Waals surface area (Å²) in [7, 11) is -1.68. The van der Waals surface area contributed by atoms with Crippen molar-refractivity contribution in [2.24, 2.45) is 11.1 Å². The van der Waals surface area contributed by atoms with Crippen molar-refractivity contribution in [3.8, 4) is 0 Å². The number of oxime groups is 1. The Morgan fingerprint density at radius 2 is 1.97 bits per heavy atom. The van der Waals surface area contributed by atoms with Crippen molar-refractivity contribution in [3.63, 3.8) is 0 Å². The van der Waals surface area contributed by atoms with Crippen molar-refractivity contribution in [2.75, 3.05) is 6.54 Å². The first kappa shape index (κ1) is 26.6. The number of carbonyl (C=O) groups excluding carboxylic acids is 2. The summed E-state index contributed by atoms with van der Waals surface area (Å²) < 4.78 is 0. The number of pyridine rings is 1. The molecule has 2 amide bonds. The van der Waals surface area contributed by atoms with Gasteiger partial charge in [0.1, 0.15) is 5.69 Å². The predicted octanol–water partition coefficient (Wildman–Crippen LogP) is 2.60. The number of unbranched alkanes of at least 4 members (excludes halogenated alkanes) is 2. The zero-order valence-corrected chi connectivity index (χ0v) is 20.7. The van der Waals surface area contributed by atoms with Crippen molar-refractivity contribution >= 4 is 35.4 Å². The smallest absolute Gasteiger partial charge is 0.426 e. The van der Waals surface area contributed by atoms with Crippen molar-refractivity contribution in [1.29, 1.82) is 0 Å². The van der Waals surface area contributed by atoms with Gasteiger partial charge in [-0.3, -0.25) is 14.6 Å². The normalized spacial score (nSPS) is 18.2. The average molecular weight is 482 g/mol. The second-order valence-corrected chi connectivity index (χ2v) is 9.56. The minimum Gasteiger partial charge on any atom is -0.426 e. The molecule has 0 radical (unpaired) electrons. The predicted molar refractivity (Wildman–Crippen MR) is 136 cm³/mol. The largest absolute Gasteiger partial charge is 0.475 e. The van der Waals surface area contributed by atoms with Gasteiger partial charge in [0.05, 0.1) is 18.2 Å². The molecule has 35 heavy (non-hydrogen) atoms. The number of fused-ring (bicyclic) bond motifs is 1. The molecule has 1 aromatic carbocycles. The van der Waals surface area contributed by atoms with E-state index in [-0.39, 0.29) is 24.8 Å². The molecule has 0 spiro atoms. The summed E-state index contributed by atoms with van der Waals surface area (Å²) in [5.74, 6) is -1.41. The van der Waals surface area contributed by atoms with E-state index in [9.17, 15) is 19.6 Å². The molecule has 2 atom stereocenters. The summed E-state index contributed by atoms with van der Waals surface area (Å²) in [6.07, 6.45) is 5.32. The van der Waals surface area contributed by atoms with Crippen LogP contribution in [0.2, 0.25) is 0 Å². The molecule has 10 heteroatoms. The fraction of sp³-hybridized carbons (Fsp3) is 0.520. The van der Waals surface area contributed by atoms with Gasteiger partial charge in [0.2, 0.25) is 5.60 Å². The minimum atomic E-state index is -1.68. The number of nitrogens with zero attached hydrogens (tertiary/aromatic N) is 2. The van der Waals surface area contributed by atoms with Crippen LogP contribution < -0.4 is 10.6 Å². The molecule has 2 heterocycles. The Morgan fingerprint density at radius 1 is 1.20 bits per heavy atom. The quantitative estimate of drug-likeness (QED) is 0.272. The summed E-state index contributed by atoms with van der Waals surface area (Å²) in [5.41, 5.74) is -0.380. The molecule has 0 saturated carbocycles. The third kappa shape index (κ3) is 6.79. The van der Waals surface area contributed by atoms with E-state index < -0.39 is 24.6 Å². The lowest BCUT2D eigenvalue weighted by atomic mass is 9.74. The molecule has 0 bridgehead atoms. The van der Waals surface area contributed by atoms with Crippen molar-refractivity contribution in [1.82, 2.24) is 15.6 Å². The summed E-state index contributed by atoms with van der Waals surface area (Å²) in [5, 5.41) is 30.9. The Kier molecular flexibility index (Phi) is 9.23. The summed E-state index contributed by atoms with van der Waals surface area (Å²) in [4.78, 5) is 36.1. The Bertz CT molecular complexity index is 1060. The van der Waals surface area contributed by atoms with E-state index >= 15 is 0 Å². The van der Waals surface area contributed by atoms with Gasteiger partial charge in [-0.1, -0.05) is 63.0 Å². The standard InChI is InChI=1S/C25H35BN4O5/c1-4-5-8-12-25(24(32)29-21(26(33)34)14-17(2)3)15-19(30-35-25)16-28-23(31)22-20-10-7-6-9-18(20)11-13-27-22/h6-7,9-11,13,17,21,33-34H,4-5,8,12,14-16H2,1-3H3,(H,28,31)(H,29,32). The molecule has 1 aromatic heterocycles. The molecule has 2 unspecified atom stereocenters. The van der Waals surface area contributed by atoms with Crippen LogP contribution in [0, 0.1) is 5.92 Å². The molecule has 3 rings (SSSR count). The van der Waals surface area contributed by atoms with Crippen molar-refractivity contribution in [3.05, 3.63) is 42.2 Å². The zero-order valence-electron chi connectivity index (χ0n) is 20.7. The van der Waals surface area contributed by atoms with Gasteiger partial charge in [-0.15, -0.1) is 0 Å². The van der Waals surface area contributed by atoms with Crippen LogP contribution in [0.4, 0.5) is 0 Å². The number of nitrogens with one attached hydrogen (secondary N) is 2. The van der Waals surface area contributed by atoms with E-state index in [0.29, 0.717) is 24.2 Å². The third-order valence-corrected chi connectivity index (χ3v) is 6.18. The number of aromatic nitrogens is 1. The van der Waals surface area contributed by atoms with Crippen LogP contribution in [0.25, 0.3) is 10.8 Å². The number of rotatable bonds is 12. The van der Waals surface area contributed by atoms with E-state index in [0.717, 1.165) is 30.0 Å². The maximum atomic E-state index is 13.3. The molecule has 188 valence electrons. The fourth-order valence-electron chi connectivity index (χ4n) is 4.30. The number of hydrogen-bond acceptors (Lipinski definition) is 7. The van der Waals surface area contributed by atoms with Crippen LogP contribution in [0.5, 0.6) is 0 Å². The first-order valence-electron chi connectivity index (χ1n) is 12.3. The lowest BCUT2D eigenvalue weighted by Gasteiger charge is -2.29. The monoisotopic (exact) mass is 482 g/mol. The molecular formula is C25H35BN4O5. The minimum absolute atomic E-state index is 0.116. The van der Waals surface area contributed by atoms with Crippen LogP contribution in [-0.2, 0) is 9.63 Å². The number of hydrogen-bond donors (Lipinski definition) is 4. The van der Waals surface area contributed by atoms with Gasteiger partial charge < -0.3 is 25.5 Å². The van der Waals surface area contributed by atoms with Gasteiger partial charge >= 0.3 is 7.12 Å². The van der Waals surface area contributed by atoms with E-state index in [4.69, 9.17) is 4.84 Å². The maximum absolute atomic E-state index is 13.3. The lowest BCUT2D eigenvalue weighted by molar-refractivity contribution is -0.145. The molecule has 0 fully saturated rings. The van der Waals surface area contributed by atoms with Gasteiger partial charge in [-0.2, -0.15) is 0 Å². The number of amides is 2. The van der Waals surface area contributed by atoms with Crippen LogP contribution in [-0.4, -0.2) is 57.8 Å². The highest BCUT2D eigenvalue weighted by molar-refractivity contribution is 6.43. The average Bonchev–Trinajstić information content (AvgIpc) is 3.26. The van der Waals surface area contributed by atoms with Crippen LogP contribution in [0.15, 0.2) is 41.7 Å². The van der Waals surface area contributed by atoms with E-state index in [1.54, 1.807) is 6.20 Å². The molecule has 4 N–H and O–H groups in total. The maximum Gasteiger partial charge on any atom is 0.475 e. The molecule has 9 nitrogen and oxygen atoms in total. The molecule has 2 aromatic rings. The highest BCUT2D eigenvalue weighted by atomic mass is 16.7. The van der Waals surface area contributed by atoms with Gasteiger partial charge in [0, 0.05) is 18.0 Å². The van der Waals surface area contributed by atoms with E-state index in [1.807, 2.05) is 44.2 Å². The van der Waals surface area contributed by atoms with Crippen molar-refractivity contribution < 1.29 is 24.5 Å². The molecular weight excluding hydrogens is 447 g/mol. The second kappa shape index (κ2) is 12.1. The van der Waals surface area contributed by atoms with Crippen LogP contribution in [0.3, 0.4) is 0 Å². The van der Waals surface area contributed by atoms with Gasteiger partial charge in [0.25, 0.3) is 11.8 Å². The SMILES string of the molecule is CCCCCC1(C(=O)NC(CC(C)C)B(O)O)CC(CNC(=O)c2nccc3ccccc23)=NO1. The zero-order chi connectivity index (χ0) is 25.4. The number of carbonyl (C=O) groups is 2. The van der Waals surface area contributed by atoms with Crippen LogP contribution in [0.1, 0.15) is 69.8 Å². The Morgan fingerprint density at radius 3 is 2.69 bits per heavy atom. The summed E-state index contributed by atoms with van der Waals surface area (Å²) in [6.45, 7) is 6.07. The summed E-state index contributed by atoms with van der Waals surface area (Å²) in [6, 6.07) is 9.37. The van der Waals surface area contributed by atoms with Crippen LogP contribution >= 0.6 is 0 Å². The van der Waals surface area contributed by atoms with Crippen molar-refractivity contribution in [2.45, 2.75) is 70.8 Å². The van der Waals surface area contributed by atoms with Gasteiger partial charge in [0.15, 0.2) is 0 Å². The molecule has 1 aliphatic heterocycles. The second-order valence-electron chi connectivity index (χ2n) is 9.56.